The van der Waals surface area contributed by atoms with Crippen LogP contribution in [0, 0.1) is 0 Å². The lowest BCUT2D eigenvalue weighted by molar-refractivity contribution is 0.569. The summed E-state index contributed by atoms with van der Waals surface area (Å²) in [6.45, 7) is 47.2. The highest BCUT2D eigenvalue weighted by Gasteiger charge is 2.51. The molecular formula is C36H68OSi7. The van der Waals surface area contributed by atoms with Crippen molar-refractivity contribution < 1.29 is 4.80 Å². The Morgan fingerprint density at radius 3 is 1.27 bits per heavy atom. The molecule has 0 bridgehead atoms. The average Bonchev–Trinajstić information content (AvgIpc) is 2.73. The van der Waals surface area contributed by atoms with Crippen LogP contribution in [-0.4, -0.2) is 61.6 Å². The first kappa shape index (κ1) is 38.1. The largest absolute Gasteiger partial charge is 0.424 e. The fourth-order valence-corrected chi connectivity index (χ4v) is 52.6. The Kier molecular flexibility index (Phi) is 10.6. The summed E-state index contributed by atoms with van der Waals surface area (Å²) >= 11 is 0. The van der Waals surface area contributed by atoms with E-state index in [4.69, 9.17) is 0 Å². The van der Waals surface area contributed by atoms with Crippen LogP contribution >= 0.6 is 0 Å². The molecule has 0 saturated carbocycles. The molecule has 2 aromatic rings. The van der Waals surface area contributed by atoms with Crippen LogP contribution in [0.2, 0.25) is 124 Å². The van der Waals surface area contributed by atoms with Crippen LogP contribution in [0.4, 0.5) is 0 Å². The summed E-state index contributed by atoms with van der Waals surface area (Å²) in [6, 6.07) is 15.2. The third-order valence-electron chi connectivity index (χ3n) is 9.90. The first-order valence-corrected chi connectivity index (χ1v) is 40.8. The van der Waals surface area contributed by atoms with Gasteiger partial charge in [0.25, 0.3) is 8.32 Å². The number of hydrogen-bond donors (Lipinski definition) is 1. The summed E-state index contributed by atoms with van der Waals surface area (Å²) < 4.78 is 0. The fraction of sp³-hybridized carbons (Fsp3) is 0.611. The van der Waals surface area contributed by atoms with E-state index in [9.17, 15) is 4.80 Å². The Labute approximate surface area is 280 Å². The van der Waals surface area contributed by atoms with Crippen molar-refractivity contribution in [2.75, 3.05) is 0 Å². The lowest BCUT2D eigenvalue weighted by atomic mass is 10.1. The number of rotatable bonds is 10. The van der Waals surface area contributed by atoms with Crippen LogP contribution in [0.15, 0.2) is 42.5 Å². The van der Waals surface area contributed by atoms with Crippen LogP contribution in [0.25, 0.3) is 6.08 Å². The van der Waals surface area contributed by atoms with E-state index in [1.807, 2.05) is 0 Å². The smallest absolute Gasteiger partial charge is 0.257 e. The quantitative estimate of drug-likeness (QED) is 0.243. The van der Waals surface area contributed by atoms with E-state index in [1.54, 1.807) is 16.7 Å². The molecular weight excluding hydrogens is 645 g/mol. The molecule has 1 atom stereocenters. The molecule has 8 heteroatoms. The number of fused-ring (bicyclic) bond motifs is 1. The van der Waals surface area contributed by atoms with Crippen molar-refractivity contribution in [2.45, 2.75) is 139 Å². The molecule has 0 spiro atoms. The zero-order valence-corrected chi connectivity index (χ0v) is 39.0. The second-order valence-corrected chi connectivity index (χ2v) is 57.4. The predicted molar refractivity (Wildman–Crippen MR) is 222 cm³/mol. The molecule has 246 valence electrons. The van der Waals surface area contributed by atoms with E-state index in [2.05, 4.69) is 166 Å². The summed E-state index contributed by atoms with van der Waals surface area (Å²) in [7, 11) is -12.9. The van der Waals surface area contributed by atoms with Crippen LogP contribution in [-0.2, 0) is 0 Å². The Bertz CT molecular complexity index is 1280. The highest BCUT2D eigenvalue weighted by molar-refractivity contribution is 7.02. The van der Waals surface area contributed by atoms with Crippen molar-refractivity contribution >= 4 is 73.2 Å². The van der Waals surface area contributed by atoms with Crippen molar-refractivity contribution in [1.29, 1.82) is 0 Å². The third kappa shape index (κ3) is 7.85. The second kappa shape index (κ2) is 12.3. The first-order valence-electron chi connectivity index (χ1n) is 17.2. The van der Waals surface area contributed by atoms with Gasteiger partial charge in [0.1, 0.15) is 0 Å². The summed E-state index contributed by atoms with van der Waals surface area (Å²) in [6.07, 6.45) is 4.60. The Hall–Kier alpha value is -0.342. The standard InChI is InChI=1S/C36H68OSi7/c1-38(2,3)34(39(4,5)6)29-26-30(35(40(7,8)9)41(10,11)12)33(31(27-29)36(42(13,14)15)43(16,17)18)44(37)25-21-23-28-22-19-20-24-32(28)44/h19-24,26-27,34-37H,25H2,1-18H3. The number of allylic oxidation sites excluding steroid dienone is 1. The van der Waals surface area contributed by atoms with Gasteiger partial charge in [0.05, 0.1) is 0 Å². The van der Waals surface area contributed by atoms with Gasteiger partial charge in [0.2, 0.25) is 0 Å². The topological polar surface area (TPSA) is 20.2 Å². The minimum Gasteiger partial charge on any atom is -0.424 e. The summed E-state index contributed by atoms with van der Waals surface area (Å²) in [5.74, 6) is 0. The third-order valence-corrected chi connectivity index (χ3v) is 41.4. The highest BCUT2D eigenvalue weighted by Crippen LogP contribution is 2.45. The maximum atomic E-state index is 13.6. The molecule has 1 unspecified atom stereocenters. The summed E-state index contributed by atoms with van der Waals surface area (Å²) in [5, 5.41) is 4.58. The maximum Gasteiger partial charge on any atom is 0.257 e. The van der Waals surface area contributed by atoms with E-state index in [0.29, 0.717) is 15.5 Å². The molecule has 3 rings (SSSR count). The monoisotopic (exact) mass is 712 g/mol. The zero-order valence-electron chi connectivity index (χ0n) is 32.0. The van der Waals surface area contributed by atoms with Crippen molar-refractivity contribution in [3.8, 4) is 0 Å². The van der Waals surface area contributed by atoms with Gasteiger partial charge in [0, 0.05) is 48.4 Å². The molecule has 0 amide bonds. The Balaban J connectivity index is 2.76. The van der Waals surface area contributed by atoms with Crippen molar-refractivity contribution in [3.63, 3.8) is 0 Å². The lowest BCUT2D eigenvalue weighted by Gasteiger charge is -2.48. The van der Waals surface area contributed by atoms with Crippen molar-refractivity contribution in [2.24, 2.45) is 0 Å². The fourth-order valence-electron chi connectivity index (χ4n) is 10.3. The second-order valence-electron chi connectivity index (χ2n) is 20.6. The molecule has 0 radical (unpaired) electrons. The maximum absolute atomic E-state index is 13.6. The molecule has 1 heterocycles. The van der Waals surface area contributed by atoms with Gasteiger partial charge in [0.15, 0.2) is 0 Å². The average molecular weight is 714 g/mol. The van der Waals surface area contributed by atoms with E-state index in [0.717, 1.165) is 6.04 Å². The Morgan fingerprint density at radius 2 is 0.909 bits per heavy atom. The molecule has 2 aromatic carbocycles. The summed E-state index contributed by atoms with van der Waals surface area (Å²) in [4.78, 5) is 13.6. The van der Waals surface area contributed by atoms with Crippen molar-refractivity contribution in [1.82, 2.24) is 0 Å². The van der Waals surface area contributed by atoms with Crippen LogP contribution in [0.3, 0.4) is 0 Å². The first-order chi connectivity index (χ1) is 19.5. The van der Waals surface area contributed by atoms with Gasteiger partial charge in [-0.25, -0.2) is 0 Å². The van der Waals surface area contributed by atoms with E-state index >= 15 is 0 Å². The van der Waals surface area contributed by atoms with Gasteiger partial charge in [-0.05, 0) is 54.2 Å². The zero-order chi connectivity index (χ0) is 34.1. The lowest BCUT2D eigenvalue weighted by Crippen LogP contribution is -2.65. The Morgan fingerprint density at radius 1 is 0.545 bits per heavy atom. The molecule has 0 aliphatic carbocycles. The van der Waals surface area contributed by atoms with Gasteiger partial charge in [-0.3, -0.25) is 0 Å². The summed E-state index contributed by atoms with van der Waals surface area (Å²) in [5.41, 5.74) is 6.11. The molecule has 44 heavy (non-hydrogen) atoms. The van der Waals surface area contributed by atoms with Crippen molar-refractivity contribution in [3.05, 3.63) is 64.7 Å². The van der Waals surface area contributed by atoms with Gasteiger partial charge in [-0.15, -0.1) is 0 Å². The van der Waals surface area contributed by atoms with Gasteiger partial charge < -0.3 is 4.80 Å². The molecule has 1 aliphatic rings. The molecule has 1 aliphatic heterocycles. The number of benzene rings is 2. The minimum atomic E-state index is -3.09. The van der Waals surface area contributed by atoms with Crippen LogP contribution in [0.5, 0.6) is 0 Å². The van der Waals surface area contributed by atoms with E-state index in [1.165, 1.54) is 15.9 Å². The molecule has 0 aromatic heterocycles. The molecule has 1 nitrogen and oxygen atoms in total. The normalized spacial score (nSPS) is 18.9. The SMILES string of the molecule is C[Si](C)(C)C(c1cc(C([Si](C)(C)C)[Si](C)(C)C)c([Si]2(O)CC=Cc3ccccc32)c(C([Si](C)(C)C)[Si](C)(C)C)c1)[Si](C)(C)C. The molecule has 0 fully saturated rings. The molecule has 1 N–H and O–H groups in total. The molecule has 0 saturated heterocycles. The van der Waals surface area contributed by atoms with E-state index < -0.39 is 56.8 Å². The number of hydrogen-bond acceptors (Lipinski definition) is 1. The highest BCUT2D eigenvalue weighted by atomic mass is 28.4. The van der Waals surface area contributed by atoms with Crippen LogP contribution in [0.1, 0.15) is 37.7 Å². The predicted octanol–water partition coefficient (Wildman–Crippen LogP) is 10.3. The minimum absolute atomic E-state index is 0.589. The van der Waals surface area contributed by atoms with E-state index in [-0.39, 0.29) is 0 Å². The van der Waals surface area contributed by atoms with Gasteiger partial charge >= 0.3 is 0 Å². The van der Waals surface area contributed by atoms with Gasteiger partial charge in [-0.1, -0.05) is 166 Å². The van der Waals surface area contributed by atoms with Gasteiger partial charge in [-0.2, -0.15) is 0 Å². The van der Waals surface area contributed by atoms with Crippen LogP contribution < -0.4 is 10.4 Å².